The van der Waals surface area contributed by atoms with Gasteiger partial charge in [-0.2, -0.15) is 0 Å². The Morgan fingerprint density at radius 3 is 2.21 bits per heavy atom. The van der Waals surface area contributed by atoms with E-state index in [1.807, 2.05) is 0 Å². The van der Waals surface area contributed by atoms with Crippen LogP contribution in [0.4, 0.5) is 0 Å². The van der Waals surface area contributed by atoms with Crippen LogP contribution in [0.3, 0.4) is 0 Å². The van der Waals surface area contributed by atoms with Gasteiger partial charge in [0.05, 0.1) is 0 Å². The molecular weight excluding hydrogens is 345 g/mol. The van der Waals surface area contributed by atoms with Gasteiger partial charge in [-0.3, -0.25) is 0 Å². The molecule has 1 saturated carbocycles. The van der Waals surface area contributed by atoms with Gasteiger partial charge in [0.2, 0.25) is 0 Å². The zero-order valence-electron chi connectivity index (χ0n) is 12.4. The third kappa shape index (κ3) is 4.75. The summed E-state index contributed by atoms with van der Waals surface area (Å²) in [6.07, 6.45) is 6.78. The van der Waals surface area contributed by atoms with E-state index in [4.69, 9.17) is 0 Å². The molecule has 0 aromatic heterocycles. The van der Waals surface area contributed by atoms with E-state index in [1.165, 1.54) is 41.2 Å². The van der Waals surface area contributed by atoms with Gasteiger partial charge in [-0.15, -0.1) is 0 Å². The fourth-order valence-electron chi connectivity index (χ4n) is 3.03. The number of halogens is 1. The molecule has 0 heterocycles. The van der Waals surface area contributed by atoms with E-state index in [2.05, 4.69) is 72.9 Å². The minimum absolute atomic E-state index is 0.224. The van der Waals surface area contributed by atoms with Crippen molar-refractivity contribution in [1.82, 2.24) is 5.32 Å². The number of nitrogens with one attached hydrogen (secondary N) is 1. The summed E-state index contributed by atoms with van der Waals surface area (Å²) in [6.45, 7) is 7.95. The van der Waals surface area contributed by atoms with Crippen LogP contribution in [0, 0.1) is 8.99 Å². The van der Waals surface area contributed by atoms with Gasteiger partial charge in [0.1, 0.15) is 0 Å². The molecule has 0 spiro atoms. The van der Waals surface area contributed by atoms with Gasteiger partial charge >= 0.3 is 0 Å². The molecule has 2 heteroatoms. The largest absolute Gasteiger partial charge is 0.312 e. The van der Waals surface area contributed by atoms with Crippen LogP contribution in [0.25, 0.3) is 0 Å². The van der Waals surface area contributed by atoms with Crippen LogP contribution in [-0.4, -0.2) is 12.1 Å². The molecule has 0 bridgehead atoms. The second-order valence-electron chi connectivity index (χ2n) is 7.11. The average molecular weight is 371 g/mol. The van der Waals surface area contributed by atoms with Crippen LogP contribution in [0.15, 0.2) is 24.3 Å². The molecule has 1 aromatic rings. The molecule has 0 unspecified atom stereocenters. The molecule has 1 aliphatic carbocycles. The molecule has 1 N–H and O–H groups in total. The van der Waals surface area contributed by atoms with Crippen molar-refractivity contribution in [3.8, 4) is 0 Å². The molecule has 106 valence electrons. The molecule has 1 aromatic carbocycles. The maximum Gasteiger partial charge on any atom is 0.0130 e. The minimum atomic E-state index is 0.224. The highest BCUT2D eigenvalue weighted by molar-refractivity contribution is 14.1. The maximum atomic E-state index is 3.73. The Morgan fingerprint density at radius 1 is 1.11 bits per heavy atom. The normalized spacial score (nSPS) is 18.7. The summed E-state index contributed by atoms with van der Waals surface area (Å²) in [7, 11) is 0. The summed E-state index contributed by atoms with van der Waals surface area (Å²) in [5.74, 6) is 0. The third-order valence-electron chi connectivity index (χ3n) is 4.15. The van der Waals surface area contributed by atoms with E-state index in [-0.39, 0.29) is 5.54 Å². The highest BCUT2D eigenvalue weighted by Gasteiger charge is 2.34. The Bertz CT molecular complexity index is 396. The first-order valence-corrected chi connectivity index (χ1v) is 8.46. The van der Waals surface area contributed by atoms with Crippen molar-refractivity contribution in [2.75, 3.05) is 6.54 Å². The first-order valence-electron chi connectivity index (χ1n) is 7.38. The minimum Gasteiger partial charge on any atom is -0.312 e. The highest BCUT2D eigenvalue weighted by Crippen LogP contribution is 2.40. The van der Waals surface area contributed by atoms with Crippen LogP contribution in [0.5, 0.6) is 0 Å². The Kier molecular flexibility index (Phi) is 4.93. The molecule has 0 amide bonds. The molecule has 2 rings (SSSR count). The van der Waals surface area contributed by atoms with Gasteiger partial charge in [0, 0.05) is 15.7 Å². The zero-order valence-corrected chi connectivity index (χ0v) is 14.6. The van der Waals surface area contributed by atoms with Gasteiger partial charge in [-0.25, -0.2) is 0 Å². The number of benzene rings is 1. The van der Waals surface area contributed by atoms with E-state index < -0.39 is 0 Å². The second kappa shape index (κ2) is 6.13. The van der Waals surface area contributed by atoms with Crippen LogP contribution < -0.4 is 5.32 Å². The summed E-state index contributed by atoms with van der Waals surface area (Å²) in [5, 5.41) is 3.73. The quantitative estimate of drug-likeness (QED) is 0.751. The van der Waals surface area contributed by atoms with Gasteiger partial charge in [-0.05, 0) is 85.7 Å². The molecule has 1 nitrogen and oxygen atoms in total. The fraction of sp³-hybridized carbons (Fsp3) is 0.647. The van der Waals surface area contributed by atoms with E-state index in [0.29, 0.717) is 5.41 Å². The summed E-state index contributed by atoms with van der Waals surface area (Å²) < 4.78 is 1.33. The lowest BCUT2D eigenvalue weighted by molar-refractivity contribution is 0.245. The Hall–Kier alpha value is -0.0900. The molecule has 19 heavy (non-hydrogen) atoms. The third-order valence-corrected chi connectivity index (χ3v) is 4.87. The highest BCUT2D eigenvalue weighted by atomic mass is 127. The smallest absolute Gasteiger partial charge is 0.0130 e. The van der Waals surface area contributed by atoms with Crippen molar-refractivity contribution < 1.29 is 0 Å². The molecule has 0 aliphatic heterocycles. The summed E-state index contributed by atoms with van der Waals surface area (Å²) >= 11 is 2.38. The molecular formula is C17H26IN. The van der Waals surface area contributed by atoms with Gasteiger partial charge < -0.3 is 5.32 Å². The predicted octanol–water partition coefficient (Wildman–Crippen LogP) is 4.78. The fourth-order valence-corrected chi connectivity index (χ4v) is 3.39. The first-order chi connectivity index (χ1) is 8.89. The van der Waals surface area contributed by atoms with Crippen molar-refractivity contribution in [3.05, 3.63) is 33.4 Å². The van der Waals surface area contributed by atoms with Gasteiger partial charge in [0.25, 0.3) is 0 Å². The predicted molar refractivity (Wildman–Crippen MR) is 91.5 cm³/mol. The lowest BCUT2D eigenvalue weighted by Gasteiger charge is -2.33. The van der Waals surface area contributed by atoms with Gasteiger partial charge in [-0.1, -0.05) is 25.0 Å². The second-order valence-corrected chi connectivity index (χ2v) is 8.36. The van der Waals surface area contributed by atoms with Crippen LogP contribution in [0.1, 0.15) is 52.0 Å². The Labute approximate surface area is 131 Å². The van der Waals surface area contributed by atoms with E-state index in [9.17, 15) is 0 Å². The molecule has 0 radical (unpaired) electrons. The lowest BCUT2D eigenvalue weighted by atomic mass is 9.79. The molecule has 1 fully saturated rings. The number of hydrogen-bond donors (Lipinski definition) is 1. The molecule has 0 saturated heterocycles. The topological polar surface area (TPSA) is 12.0 Å². The Morgan fingerprint density at radius 2 is 1.68 bits per heavy atom. The standard InChI is InChI=1S/C17H26IN/c1-16(2,3)19-13-17(10-4-5-11-17)12-14-6-8-15(18)9-7-14/h6-9,19H,4-5,10-13H2,1-3H3. The number of rotatable bonds is 4. The van der Waals surface area contributed by atoms with Crippen molar-refractivity contribution in [1.29, 1.82) is 0 Å². The SMILES string of the molecule is CC(C)(C)NCC1(Cc2ccc(I)cc2)CCCC1. The summed E-state index contributed by atoms with van der Waals surface area (Å²) in [5.41, 5.74) is 2.21. The average Bonchev–Trinajstić information content (AvgIpc) is 2.78. The van der Waals surface area contributed by atoms with E-state index in [0.717, 1.165) is 6.54 Å². The van der Waals surface area contributed by atoms with Crippen LogP contribution in [0.2, 0.25) is 0 Å². The van der Waals surface area contributed by atoms with E-state index >= 15 is 0 Å². The number of hydrogen-bond acceptors (Lipinski definition) is 1. The van der Waals surface area contributed by atoms with Crippen LogP contribution in [-0.2, 0) is 6.42 Å². The van der Waals surface area contributed by atoms with Crippen molar-refractivity contribution in [2.24, 2.45) is 5.41 Å². The monoisotopic (exact) mass is 371 g/mol. The summed E-state index contributed by atoms with van der Waals surface area (Å²) in [4.78, 5) is 0. The summed E-state index contributed by atoms with van der Waals surface area (Å²) in [6, 6.07) is 9.07. The Balaban J connectivity index is 2.05. The van der Waals surface area contributed by atoms with Crippen LogP contribution >= 0.6 is 22.6 Å². The molecule has 1 aliphatic rings. The van der Waals surface area contributed by atoms with Crippen molar-refractivity contribution >= 4 is 22.6 Å². The lowest BCUT2D eigenvalue weighted by Crippen LogP contribution is -2.43. The molecule has 0 atom stereocenters. The zero-order chi connectivity index (χ0) is 13.9. The van der Waals surface area contributed by atoms with Gasteiger partial charge in [0.15, 0.2) is 0 Å². The first kappa shape index (κ1) is 15.3. The van der Waals surface area contributed by atoms with E-state index in [1.54, 1.807) is 0 Å². The maximum absolute atomic E-state index is 3.73. The van der Waals surface area contributed by atoms with Crippen molar-refractivity contribution in [3.63, 3.8) is 0 Å². The van der Waals surface area contributed by atoms with Crippen molar-refractivity contribution in [2.45, 2.75) is 58.4 Å².